The Morgan fingerprint density at radius 2 is 1.86 bits per heavy atom. The number of halogens is 2. The van der Waals surface area contributed by atoms with Crippen molar-refractivity contribution in [2.75, 3.05) is 17.2 Å². The Balaban J connectivity index is 1.49. The Morgan fingerprint density at radius 1 is 1.09 bits per heavy atom. The molecule has 1 saturated heterocycles. The third-order valence-corrected chi connectivity index (χ3v) is 6.69. The number of aromatic nitrogens is 1. The molecule has 0 spiro atoms. The Bertz CT molecular complexity index is 1380. The highest BCUT2D eigenvalue weighted by Crippen LogP contribution is 2.30. The van der Waals surface area contributed by atoms with E-state index >= 15 is 0 Å². The number of hydrogen-bond donors (Lipinski definition) is 3. The molecule has 0 bridgehead atoms. The summed E-state index contributed by atoms with van der Waals surface area (Å²) in [4.78, 5) is 30.8. The van der Waals surface area contributed by atoms with Crippen LogP contribution in [0.2, 0.25) is 5.02 Å². The van der Waals surface area contributed by atoms with Gasteiger partial charge < -0.3 is 10.2 Å². The normalized spacial score (nSPS) is 15.6. The molecule has 1 aliphatic heterocycles. The lowest BCUT2D eigenvalue weighted by molar-refractivity contribution is -0.119. The molecular weight excluding hydrogens is 497 g/mol. The molecule has 1 fully saturated rings. The summed E-state index contributed by atoms with van der Waals surface area (Å²) in [7, 11) is -4.07. The standard InChI is InChI=1S/C23H21ClFN5O4S/c24-14-7-10-21(27-13-14)29-23(32)30-11-3-5-19(30)22(31)28-15-8-9-16(18(25)12-15)17-4-1-2-6-20(17)35(26,33)34/h1-2,4,6-10,12-13,19H,3,5,11H2,(H,28,31)(H2,26,33,34)(H,27,29,32). The molecule has 9 nitrogen and oxygen atoms in total. The maximum Gasteiger partial charge on any atom is 0.323 e. The van der Waals surface area contributed by atoms with Crippen LogP contribution in [0, 0.1) is 5.82 Å². The fourth-order valence-corrected chi connectivity index (χ4v) is 4.75. The predicted octanol–water partition coefficient (Wildman–Crippen LogP) is 3.82. The van der Waals surface area contributed by atoms with Crippen LogP contribution in [0.15, 0.2) is 65.7 Å². The molecule has 4 rings (SSSR count). The number of pyridine rings is 1. The molecule has 0 aliphatic carbocycles. The molecule has 12 heteroatoms. The van der Waals surface area contributed by atoms with Gasteiger partial charge in [0.1, 0.15) is 17.7 Å². The van der Waals surface area contributed by atoms with Crippen LogP contribution in [-0.4, -0.2) is 42.8 Å². The van der Waals surface area contributed by atoms with Crippen molar-refractivity contribution in [3.63, 3.8) is 0 Å². The van der Waals surface area contributed by atoms with E-state index in [9.17, 15) is 22.4 Å². The van der Waals surface area contributed by atoms with Crippen molar-refractivity contribution in [2.24, 2.45) is 5.14 Å². The Morgan fingerprint density at radius 3 is 2.54 bits per heavy atom. The molecular formula is C23H21ClFN5O4S. The van der Waals surface area contributed by atoms with E-state index < -0.39 is 33.8 Å². The van der Waals surface area contributed by atoms with Gasteiger partial charge in [0.15, 0.2) is 0 Å². The number of benzene rings is 2. The van der Waals surface area contributed by atoms with Gasteiger partial charge in [-0.05, 0) is 49.2 Å². The van der Waals surface area contributed by atoms with Gasteiger partial charge in [-0.15, -0.1) is 0 Å². The minimum absolute atomic E-state index is 0.0185. The molecule has 3 aromatic rings. The number of primary sulfonamides is 1. The molecule has 2 heterocycles. The van der Waals surface area contributed by atoms with Gasteiger partial charge in [0.2, 0.25) is 15.9 Å². The highest BCUT2D eigenvalue weighted by molar-refractivity contribution is 7.89. The lowest BCUT2D eigenvalue weighted by Gasteiger charge is -2.24. The summed E-state index contributed by atoms with van der Waals surface area (Å²) in [6, 6.07) is 11.6. The van der Waals surface area contributed by atoms with Crippen LogP contribution in [0.5, 0.6) is 0 Å². The fraction of sp³-hybridized carbons (Fsp3) is 0.174. The van der Waals surface area contributed by atoms with E-state index in [4.69, 9.17) is 16.7 Å². The summed E-state index contributed by atoms with van der Waals surface area (Å²) in [5, 5.41) is 10.9. The third kappa shape index (κ3) is 5.59. The molecule has 182 valence electrons. The lowest BCUT2D eigenvalue weighted by atomic mass is 10.0. The smallest absolute Gasteiger partial charge is 0.323 e. The number of carbonyl (C=O) groups excluding carboxylic acids is 2. The van der Waals surface area contributed by atoms with E-state index in [0.717, 1.165) is 6.07 Å². The summed E-state index contributed by atoms with van der Waals surface area (Å²) in [6.45, 7) is 0.370. The first-order chi connectivity index (χ1) is 16.6. The monoisotopic (exact) mass is 517 g/mol. The predicted molar refractivity (Wildman–Crippen MR) is 130 cm³/mol. The zero-order chi connectivity index (χ0) is 25.2. The molecule has 2 aromatic carbocycles. The number of anilines is 2. The maximum atomic E-state index is 14.9. The van der Waals surface area contributed by atoms with Gasteiger partial charge in [-0.1, -0.05) is 29.8 Å². The van der Waals surface area contributed by atoms with Gasteiger partial charge >= 0.3 is 6.03 Å². The molecule has 0 saturated carbocycles. The van der Waals surface area contributed by atoms with E-state index in [1.54, 1.807) is 18.2 Å². The van der Waals surface area contributed by atoms with Crippen molar-refractivity contribution < 1.29 is 22.4 Å². The van der Waals surface area contributed by atoms with Crippen LogP contribution in [0.3, 0.4) is 0 Å². The van der Waals surface area contributed by atoms with Crippen LogP contribution in [0.25, 0.3) is 11.1 Å². The SMILES string of the molecule is NS(=O)(=O)c1ccccc1-c1ccc(NC(=O)C2CCCN2C(=O)Nc2ccc(Cl)cn2)cc1F. The number of nitrogens with two attached hydrogens (primary N) is 1. The molecule has 1 aliphatic rings. The minimum atomic E-state index is -4.07. The van der Waals surface area contributed by atoms with Crippen LogP contribution in [0.1, 0.15) is 12.8 Å². The summed E-state index contributed by atoms with van der Waals surface area (Å²) in [5.74, 6) is -0.921. The zero-order valence-corrected chi connectivity index (χ0v) is 19.8. The molecule has 4 N–H and O–H groups in total. The largest absolute Gasteiger partial charge is 0.324 e. The highest BCUT2D eigenvalue weighted by atomic mass is 35.5. The summed E-state index contributed by atoms with van der Waals surface area (Å²) in [5.41, 5.74) is 0.292. The van der Waals surface area contributed by atoms with Gasteiger partial charge in [-0.25, -0.2) is 27.7 Å². The van der Waals surface area contributed by atoms with Crippen LogP contribution in [0.4, 0.5) is 20.7 Å². The van der Waals surface area contributed by atoms with Gasteiger partial charge in [0, 0.05) is 29.6 Å². The number of amides is 3. The lowest BCUT2D eigenvalue weighted by Crippen LogP contribution is -2.45. The number of nitrogens with zero attached hydrogens (tertiary/aromatic N) is 2. The highest BCUT2D eigenvalue weighted by Gasteiger charge is 2.34. The quantitative estimate of drug-likeness (QED) is 0.473. The van der Waals surface area contributed by atoms with Gasteiger partial charge in [0.25, 0.3) is 0 Å². The number of sulfonamides is 1. The number of urea groups is 1. The first-order valence-electron chi connectivity index (χ1n) is 10.6. The van der Waals surface area contributed by atoms with Crippen molar-refractivity contribution in [3.05, 3.63) is 71.6 Å². The first-order valence-corrected chi connectivity index (χ1v) is 12.5. The van der Waals surface area contributed by atoms with E-state index in [0.29, 0.717) is 30.2 Å². The minimum Gasteiger partial charge on any atom is -0.324 e. The van der Waals surface area contributed by atoms with Crippen molar-refractivity contribution in [3.8, 4) is 11.1 Å². The summed E-state index contributed by atoms with van der Waals surface area (Å²) < 4.78 is 38.7. The number of carbonyl (C=O) groups is 2. The van der Waals surface area contributed by atoms with Crippen molar-refractivity contribution in [1.29, 1.82) is 0 Å². The van der Waals surface area contributed by atoms with Crippen LogP contribution >= 0.6 is 11.6 Å². The van der Waals surface area contributed by atoms with E-state index in [2.05, 4.69) is 15.6 Å². The zero-order valence-electron chi connectivity index (χ0n) is 18.2. The topological polar surface area (TPSA) is 134 Å². The third-order valence-electron chi connectivity index (χ3n) is 5.50. The van der Waals surface area contributed by atoms with Crippen LogP contribution in [-0.2, 0) is 14.8 Å². The van der Waals surface area contributed by atoms with Crippen molar-refractivity contribution in [2.45, 2.75) is 23.8 Å². The Hall–Kier alpha value is -3.54. The van der Waals surface area contributed by atoms with Gasteiger partial charge in [-0.3, -0.25) is 10.1 Å². The van der Waals surface area contributed by atoms with Gasteiger partial charge in [-0.2, -0.15) is 0 Å². The van der Waals surface area contributed by atoms with E-state index in [1.165, 1.54) is 41.4 Å². The Kier molecular flexibility index (Phi) is 7.01. The van der Waals surface area contributed by atoms with Crippen molar-refractivity contribution >= 4 is 45.1 Å². The second-order valence-corrected chi connectivity index (χ2v) is 9.83. The Labute approximate surface area is 206 Å². The molecule has 35 heavy (non-hydrogen) atoms. The number of nitrogens with one attached hydrogen (secondary N) is 2. The summed E-state index contributed by atoms with van der Waals surface area (Å²) >= 11 is 5.80. The molecule has 3 amide bonds. The average Bonchev–Trinajstić information content (AvgIpc) is 3.31. The number of likely N-dealkylation sites (tertiary alicyclic amines) is 1. The van der Waals surface area contributed by atoms with Crippen molar-refractivity contribution in [1.82, 2.24) is 9.88 Å². The molecule has 1 atom stereocenters. The van der Waals surface area contributed by atoms with E-state index in [1.807, 2.05) is 0 Å². The second-order valence-electron chi connectivity index (χ2n) is 7.87. The number of hydrogen-bond acceptors (Lipinski definition) is 5. The molecule has 1 aromatic heterocycles. The first kappa shape index (κ1) is 24.6. The number of rotatable bonds is 5. The van der Waals surface area contributed by atoms with Gasteiger partial charge in [0.05, 0.1) is 9.92 Å². The average molecular weight is 518 g/mol. The molecule has 0 radical (unpaired) electrons. The second kappa shape index (κ2) is 9.98. The summed E-state index contributed by atoms with van der Waals surface area (Å²) in [6.07, 6.45) is 2.46. The fourth-order valence-electron chi connectivity index (χ4n) is 3.89. The maximum absolute atomic E-state index is 14.9. The molecule has 1 unspecified atom stereocenters. The van der Waals surface area contributed by atoms with Crippen LogP contribution < -0.4 is 15.8 Å². The van der Waals surface area contributed by atoms with E-state index in [-0.39, 0.29) is 21.7 Å².